The molecule has 0 bridgehead atoms. The zero-order chi connectivity index (χ0) is 23.9. The molecular formula is C25H25N5O4. The molecule has 1 fully saturated rings. The number of nitriles is 1. The Hall–Kier alpha value is -4.32. The van der Waals surface area contributed by atoms with E-state index in [1.807, 2.05) is 30.3 Å². The van der Waals surface area contributed by atoms with Crippen LogP contribution in [0.25, 0.3) is 11.3 Å². The maximum Gasteiger partial charge on any atom is 0.260 e. The number of benzene rings is 2. The van der Waals surface area contributed by atoms with E-state index in [0.29, 0.717) is 49.0 Å². The lowest BCUT2D eigenvalue weighted by atomic mass is 10.1. The molecule has 0 N–H and O–H groups in total. The van der Waals surface area contributed by atoms with Crippen LogP contribution in [-0.2, 0) is 4.79 Å². The van der Waals surface area contributed by atoms with E-state index < -0.39 is 0 Å². The van der Waals surface area contributed by atoms with Crippen molar-refractivity contribution in [2.24, 2.45) is 0 Å². The highest BCUT2D eigenvalue weighted by Crippen LogP contribution is 2.31. The number of carbonyl (C=O) groups excluding carboxylic acids is 1. The molecule has 1 aromatic heterocycles. The van der Waals surface area contributed by atoms with E-state index in [4.69, 9.17) is 19.5 Å². The zero-order valence-electron chi connectivity index (χ0n) is 19.1. The van der Waals surface area contributed by atoms with E-state index in [2.05, 4.69) is 21.2 Å². The molecule has 3 aromatic rings. The van der Waals surface area contributed by atoms with Crippen molar-refractivity contribution >= 4 is 11.7 Å². The van der Waals surface area contributed by atoms with Gasteiger partial charge in [-0.15, -0.1) is 10.2 Å². The summed E-state index contributed by atoms with van der Waals surface area (Å²) in [5, 5.41) is 17.6. The second-order valence-corrected chi connectivity index (χ2v) is 7.64. The van der Waals surface area contributed by atoms with E-state index in [9.17, 15) is 4.79 Å². The number of amides is 1. The average molecular weight is 460 g/mol. The smallest absolute Gasteiger partial charge is 0.260 e. The highest BCUT2D eigenvalue weighted by molar-refractivity contribution is 5.78. The SMILES string of the molecule is COc1ccc(-c2ccc(N3CCN(C(=O)COc4ccc(C#N)cc4)CC3)nn2)cc1OC. The van der Waals surface area contributed by atoms with Crippen molar-refractivity contribution in [3.8, 4) is 34.6 Å². The Morgan fingerprint density at radius 2 is 1.68 bits per heavy atom. The molecule has 9 nitrogen and oxygen atoms in total. The topological polar surface area (TPSA) is 101 Å². The summed E-state index contributed by atoms with van der Waals surface area (Å²) >= 11 is 0. The molecule has 1 aliphatic heterocycles. The lowest BCUT2D eigenvalue weighted by molar-refractivity contribution is -0.133. The standard InChI is InChI=1S/C25H25N5O4/c1-32-22-9-5-19(15-23(22)33-2)21-8-10-24(28-27-21)29-11-13-30(14-12-29)25(31)17-34-20-6-3-18(16-26)4-7-20/h3-10,15H,11-14,17H2,1-2H3. The minimum Gasteiger partial charge on any atom is -0.493 e. The number of aromatic nitrogens is 2. The van der Waals surface area contributed by atoms with E-state index in [1.54, 1.807) is 43.4 Å². The summed E-state index contributed by atoms with van der Waals surface area (Å²) in [5.74, 6) is 2.56. The van der Waals surface area contributed by atoms with Gasteiger partial charge >= 0.3 is 0 Å². The fraction of sp³-hybridized carbons (Fsp3) is 0.280. The Morgan fingerprint density at radius 3 is 2.29 bits per heavy atom. The van der Waals surface area contributed by atoms with E-state index in [1.165, 1.54) is 0 Å². The number of methoxy groups -OCH3 is 2. The minimum atomic E-state index is -0.0705. The summed E-state index contributed by atoms with van der Waals surface area (Å²) in [5.41, 5.74) is 2.17. The first-order valence-electron chi connectivity index (χ1n) is 10.8. The minimum absolute atomic E-state index is 0.0360. The summed E-state index contributed by atoms with van der Waals surface area (Å²) in [6.45, 7) is 2.44. The van der Waals surface area contributed by atoms with E-state index >= 15 is 0 Å². The van der Waals surface area contributed by atoms with Gasteiger partial charge in [0.05, 0.1) is 31.5 Å². The Labute approximate surface area is 198 Å². The molecule has 4 rings (SSSR count). The van der Waals surface area contributed by atoms with Gasteiger partial charge in [0.2, 0.25) is 0 Å². The Morgan fingerprint density at radius 1 is 0.941 bits per heavy atom. The van der Waals surface area contributed by atoms with Crippen LogP contribution in [0.2, 0.25) is 0 Å². The predicted molar refractivity (Wildman–Crippen MR) is 126 cm³/mol. The van der Waals surface area contributed by atoms with Crippen LogP contribution >= 0.6 is 0 Å². The normalized spacial score (nSPS) is 13.2. The molecule has 0 saturated carbocycles. The Kier molecular flexibility index (Phi) is 7.08. The molecule has 2 heterocycles. The van der Waals surface area contributed by atoms with Crippen LogP contribution in [0.1, 0.15) is 5.56 Å². The number of piperazine rings is 1. The first kappa shape index (κ1) is 22.9. The molecule has 2 aromatic carbocycles. The molecule has 34 heavy (non-hydrogen) atoms. The molecule has 1 amide bonds. The highest BCUT2D eigenvalue weighted by atomic mass is 16.5. The summed E-state index contributed by atoms with van der Waals surface area (Å²) in [6, 6.07) is 18.2. The van der Waals surface area contributed by atoms with Crippen molar-refractivity contribution < 1.29 is 19.0 Å². The molecule has 0 radical (unpaired) electrons. The van der Waals surface area contributed by atoms with Gasteiger partial charge in [0, 0.05) is 31.7 Å². The van der Waals surface area contributed by atoms with Crippen molar-refractivity contribution in [2.75, 3.05) is 51.9 Å². The van der Waals surface area contributed by atoms with Gasteiger partial charge in [0.1, 0.15) is 5.75 Å². The van der Waals surface area contributed by atoms with Crippen molar-refractivity contribution in [2.45, 2.75) is 0 Å². The molecule has 0 aliphatic carbocycles. The van der Waals surface area contributed by atoms with Crippen molar-refractivity contribution in [1.29, 1.82) is 5.26 Å². The van der Waals surface area contributed by atoms with Gasteiger partial charge < -0.3 is 24.0 Å². The largest absolute Gasteiger partial charge is 0.493 e. The molecular weight excluding hydrogens is 434 g/mol. The van der Waals surface area contributed by atoms with Crippen molar-refractivity contribution in [3.63, 3.8) is 0 Å². The van der Waals surface area contributed by atoms with Crippen LogP contribution in [0.3, 0.4) is 0 Å². The third-order valence-electron chi connectivity index (χ3n) is 5.63. The molecule has 0 spiro atoms. The highest BCUT2D eigenvalue weighted by Gasteiger charge is 2.22. The summed E-state index contributed by atoms with van der Waals surface area (Å²) < 4.78 is 16.2. The summed E-state index contributed by atoms with van der Waals surface area (Å²) in [7, 11) is 3.20. The van der Waals surface area contributed by atoms with Gasteiger partial charge in [-0.1, -0.05) is 0 Å². The lowest BCUT2D eigenvalue weighted by Crippen LogP contribution is -2.50. The Bertz CT molecular complexity index is 1170. The molecule has 0 atom stereocenters. The molecule has 9 heteroatoms. The first-order valence-corrected chi connectivity index (χ1v) is 10.8. The van der Waals surface area contributed by atoms with Crippen molar-refractivity contribution in [3.05, 3.63) is 60.2 Å². The maximum atomic E-state index is 12.5. The molecule has 1 aliphatic rings. The van der Waals surface area contributed by atoms with Crippen LogP contribution in [0.5, 0.6) is 17.2 Å². The number of rotatable bonds is 7. The van der Waals surface area contributed by atoms with Crippen LogP contribution in [0.15, 0.2) is 54.6 Å². The van der Waals surface area contributed by atoms with Gasteiger partial charge in [-0.25, -0.2) is 0 Å². The van der Waals surface area contributed by atoms with Gasteiger partial charge in [-0.2, -0.15) is 5.26 Å². The average Bonchev–Trinajstić information content (AvgIpc) is 2.91. The Balaban J connectivity index is 1.30. The lowest BCUT2D eigenvalue weighted by Gasteiger charge is -2.35. The van der Waals surface area contributed by atoms with E-state index in [-0.39, 0.29) is 12.5 Å². The van der Waals surface area contributed by atoms with Crippen LogP contribution < -0.4 is 19.1 Å². The van der Waals surface area contributed by atoms with Gasteiger partial charge in [-0.05, 0) is 54.6 Å². The number of carbonyl (C=O) groups is 1. The van der Waals surface area contributed by atoms with Gasteiger partial charge in [0.15, 0.2) is 23.9 Å². The number of hydrogen-bond donors (Lipinski definition) is 0. The zero-order valence-corrected chi connectivity index (χ0v) is 19.1. The fourth-order valence-corrected chi connectivity index (χ4v) is 3.69. The maximum absolute atomic E-state index is 12.5. The molecule has 1 saturated heterocycles. The number of anilines is 1. The number of nitrogens with zero attached hydrogens (tertiary/aromatic N) is 5. The summed E-state index contributed by atoms with van der Waals surface area (Å²) in [6.07, 6.45) is 0. The second-order valence-electron chi connectivity index (χ2n) is 7.64. The predicted octanol–water partition coefficient (Wildman–Crippen LogP) is 2.76. The third-order valence-corrected chi connectivity index (χ3v) is 5.63. The van der Waals surface area contributed by atoms with Crippen molar-refractivity contribution in [1.82, 2.24) is 15.1 Å². The van der Waals surface area contributed by atoms with Gasteiger partial charge in [0.25, 0.3) is 5.91 Å². The second kappa shape index (κ2) is 10.5. The first-order chi connectivity index (χ1) is 16.6. The number of hydrogen-bond acceptors (Lipinski definition) is 8. The fourth-order valence-electron chi connectivity index (χ4n) is 3.69. The monoisotopic (exact) mass is 459 g/mol. The van der Waals surface area contributed by atoms with Crippen LogP contribution in [-0.4, -0.2) is 68.0 Å². The van der Waals surface area contributed by atoms with E-state index in [0.717, 1.165) is 17.1 Å². The number of ether oxygens (including phenoxy) is 3. The summed E-state index contributed by atoms with van der Waals surface area (Å²) in [4.78, 5) is 16.4. The third kappa shape index (κ3) is 5.18. The van der Waals surface area contributed by atoms with Crippen LogP contribution in [0, 0.1) is 11.3 Å². The quantitative estimate of drug-likeness (QED) is 0.532. The molecule has 174 valence electrons. The van der Waals surface area contributed by atoms with Gasteiger partial charge in [-0.3, -0.25) is 4.79 Å². The van der Waals surface area contributed by atoms with Crippen LogP contribution in [0.4, 0.5) is 5.82 Å². The molecule has 0 unspecified atom stereocenters.